The minimum atomic E-state index is -3.82. The predicted octanol–water partition coefficient (Wildman–Crippen LogP) is 1.88. The summed E-state index contributed by atoms with van der Waals surface area (Å²) in [6.07, 6.45) is -1.78. The van der Waals surface area contributed by atoms with Gasteiger partial charge < -0.3 is 4.52 Å². The van der Waals surface area contributed by atoms with Crippen LogP contribution in [0.25, 0.3) is 0 Å². The third-order valence-corrected chi connectivity index (χ3v) is 3.95. The van der Waals surface area contributed by atoms with E-state index in [-0.39, 0.29) is 12.4 Å². The lowest BCUT2D eigenvalue weighted by Crippen LogP contribution is -2.35. The van der Waals surface area contributed by atoms with E-state index >= 15 is 0 Å². The molecule has 1 aliphatic heterocycles. The maximum Gasteiger partial charge on any atom is 0.343 e. The van der Waals surface area contributed by atoms with E-state index in [1.54, 1.807) is 0 Å². The van der Waals surface area contributed by atoms with E-state index in [0.29, 0.717) is 5.08 Å². The third kappa shape index (κ3) is 3.37. The molecule has 84 valence electrons. The highest BCUT2D eigenvalue weighted by molar-refractivity contribution is 7.54. The topological polar surface area (TPSA) is 41.6 Å². The van der Waals surface area contributed by atoms with Gasteiger partial charge in [0.05, 0.1) is 6.61 Å². The first kappa shape index (κ1) is 7.10. The molecule has 0 spiro atoms. The van der Waals surface area contributed by atoms with E-state index in [1.165, 1.54) is 0 Å². The molecule has 0 bridgehead atoms. The van der Waals surface area contributed by atoms with E-state index < -0.39 is 39.6 Å². The van der Waals surface area contributed by atoms with E-state index in [0.717, 1.165) is 4.67 Å². The average Bonchev–Trinajstić information content (AvgIpc) is 2.21. The molecule has 1 fully saturated rings. The Morgan fingerprint density at radius 1 is 1.71 bits per heavy atom. The number of nitrogens with zero attached hydrogens (tertiary/aromatic N) is 1. The summed E-state index contributed by atoms with van der Waals surface area (Å²) in [6, 6.07) is 0. The molecule has 0 amide bonds. The van der Waals surface area contributed by atoms with Crippen LogP contribution in [-0.4, -0.2) is 42.6 Å². The average molecular weight is 266 g/mol. The SMILES string of the molecule is [2H]N1CC([2H])([2H])COP1(=O)N(CCCl)CC([2H])([2H])Cl. The van der Waals surface area contributed by atoms with Gasteiger partial charge in [-0.2, -0.15) is 0 Å². The van der Waals surface area contributed by atoms with Gasteiger partial charge in [0.2, 0.25) is 0 Å². The first-order valence-electron chi connectivity index (χ1n) is 6.47. The Hall–Kier alpha value is 0.690. The summed E-state index contributed by atoms with van der Waals surface area (Å²) in [6.45, 7) is -1.24. The molecule has 1 aliphatic rings. The minimum Gasteiger partial charge on any atom is -0.306 e. The lowest BCUT2D eigenvalue weighted by molar-refractivity contribution is 0.233. The van der Waals surface area contributed by atoms with Crippen LogP contribution in [0.1, 0.15) is 11.9 Å². The van der Waals surface area contributed by atoms with E-state index in [1.807, 2.05) is 0 Å². The van der Waals surface area contributed by atoms with Crippen LogP contribution in [0.15, 0.2) is 0 Å². The molecule has 7 heteroatoms. The number of halogens is 2. The van der Waals surface area contributed by atoms with Crippen LogP contribution in [0, 0.1) is 0 Å². The van der Waals surface area contributed by atoms with Gasteiger partial charge in [0, 0.05) is 36.8 Å². The van der Waals surface area contributed by atoms with Gasteiger partial charge in [0.1, 0.15) is 1.41 Å². The molecule has 1 atom stereocenters. The summed E-state index contributed by atoms with van der Waals surface area (Å²) in [5.41, 5.74) is 0. The summed E-state index contributed by atoms with van der Waals surface area (Å²) in [5.74, 6) is -2.09. The first-order chi connectivity index (χ1) is 8.50. The molecule has 0 aliphatic carbocycles. The molecule has 1 N–H and O–H groups in total. The summed E-state index contributed by atoms with van der Waals surface area (Å²) in [7, 11) is -3.82. The Morgan fingerprint density at radius 2 is 2.50 bits per heavy atom. The van der Waals surface area contributed by atoms with Crippen molar-refractivity contribution in [1.29, 1.82) is 0 Å². The van der Waals surface area contributed by atoms with Crippen LogP contribution < -0.4 is 5.08 Å². The van der Waals surface area contributed by atoms with Gasteiger partial charge in [0.15, 0.2) is 0 Å². The van der Waals surface area contributed by atoms with Crippen LogP contribution in [0.2, 0.25) is 1.41 Å². The number of hydrogen-bond acceptors (Lipinski definition) is 2. The van der Waals surface area contributed by atoms with Crippen molar-refractivity contribution in [2.24, 2.45) is 0 Å². The lowest BCUT2D eigenvalue weighted by atomic mass is 10.5. The molecule has 1 unspecified atom stereocenters. The van der Waals surface area contributed by atoms with Gasteiger partial charge in [-0.3, -0.25) is 4.57 Å². The molecular weight excluding hydrogens is 246 g/mol. The van der Waals surface area contributed by atoms with Crippen molar-refractivity contribution in [3.05, 3.63) is 0 Å². The lowest BCUT2D eigenvalue weighted by Gasteiger charge is -2.33. The van der Waals surface area contributed by atoms with Crippen LogP contribution in [-0.2, 0) is 9.09 Å². The second kappa shape index (κ2) is 6.31. The van der Waals surface area contributed by atoms with Crippen LogP contribution >= 0.6 is 30.9 Å². The van der Waals surface area contributed by atoms with Gasteiger partial charge in [0.25, 0.3) is 0 Å². The van der Waals surface area contributed by atoms with Crippen molar-refractivity contribution in [2.75, 3.05) is 38.0 Å². The Bertz CT molecular complexity index is 370. The first-order valence-corrected chi connectivity index (χ1v) is 6.46. The number of rotatable bonds is 5. The maximum absolute atomic E-state index is 12.6. The Balaban J connectivity index is 2.91. The second-order valence-electron chi connectivity index (χ2n) is 2.52. The summed E-state index contributed by atoms with van der Waals surface area (Å²) >= 11 is 11.0. The summed E-state index contributed by atoms with van der Waals surface area (Å²) in [4.78, 5) is 0. The number of hydrogen-bond donors (Lipinski definition) is 1. The molecule has 0 aromatic carbocycles. The fourth-order valence-corrected chi connectivity index (χ4v) is 3.10. The van der Waals surface area contributed by atoms with Gasteiger partial charge >= 0.3 is 7.67 Å². The Morgan fingerprint density at radius 3 is 3.07 bits per heavy atom. The fourth-order valence-electron chi connectivity index (χ4n) is 0.988. The molecule has 1 saturated heterocycles. The molecule has 0 aromatic heterocycles. The van der Waals surface area contributed by atoms with Crippen molar-refractivity contribution in [2.45, 2.75) is 6.37 Å². The quantitative estimate of drug-likeness (QED) is 0.609. The number of alkyl halides is 2. The monoisotopic (exact) mass is 265 g/mol. The largest absolute Gasteiger partial charge is 0.343 e. The standard InChI is InChI=1S/C7H15Cl2N2O2P/c8-2-5-11(6-3-9)14(12)10-4-1-7-13-14/h1-7H2,(H,10,12)/i1D2,2D2/hD. The zero-order valence-electron chi connectivity index (χ0n) is 12.4. The van der Waals surface area contributed by atoms with E-state index in [2.05, 4.69) is 0 Å². The van der Waals surface area contributed by atoms with Crippen LogP contribution in [0.3, 0.4) is 0 Å². The highest BCUT2D eigenvalue weighted by atomic mass is 35.5. The molecule has 0 aromatic rings. The van der Waals surface area contributed by atoms with E-state index in [4.69, 9.17) is 34.6 Å². The minimum absolute atomic E-state index is 0.0173. The van der Waals surface area contributed by atoms with Crippen LogP contribution in [0.5, 0.6) is 0 Å². The van der Waals surface area contributed by atoms with Gasteiger partial charge in [-0.1, -0.05) is 0 Å². The zero-order valence-corrected chi connectivity index (χ0v) is 9.86. The van der Waals surface area contributed by atoms with Crippen molar-refractivity contribution >= 4 is 30.9 Å². The maximum atomic E-state index is 12.6. The fraction of sp³-hybridized carbons (Fsp3) is 1.00. The highest BCUT2D eigenvalue weighted by Crippen LogP contribution is 2.47. The summed E-state index contributed by atoms with van der Waals surface area (Å²) < 4.78 is 55.9. The van der Waals surface area contributed by atoms with Gasteiger partial charge in [-0.25, -0.2) is 9.75 Å². The molecule has 0 saturated carbocycles. The Labute approximate surface area is 102 Å². The normalized spacial score (nSPS) is 39.5. The Kier molecular flexibility index (Phi) is 3.20. The molecule has 4 nitrogen and oxygen atoms in total. The van der Waals surface area contributed by atoms with Crippen molar-refractivity contribution in [3.8, 4) is 0 Å². The number of nitrogens with one attached hydrogen (secondary N) is 1. The van der Waals surface area contributed by atoms with Crippen molar-refractivity contribution in [1.82, 2.24) is 9.75 Å². The predicted molar refractivity (Wildman–Crippen MR) is 59.2 cm³/mol. The van der Waals surface area contributed by atoms with Crippen LogP contribution in [0.4, 0.5) is 0 Å². The highest BCUT2D eigenvalue weighted by Gasteiger charge is 2.32. The third-order valence-electron chi connectivity index (χ3n) is 1.64. The van der Waals surface area contributed by atoms with Crippen molar-refractivity contribution < 1.29 is 16.0 Å². The second-order valence-corrected chi connectivity index (χ2v) is 5.26. The molecule has 0 radical (unpaired) electrons. The molecule has 1 rings (SSSR count). The van der Waals surface area contributed by atoms with Crippen molar-refractivity contribution in [3.63, 3.8) is 0 Å². The zero-order chi connectivity index (χ0) is 14.9. The molecule has 14 heavy (non-hydrogen) atoms. The smallest absolute Gasteiger partial charge is 0.306 e. The molecule has 1 heterocycles. The molecular formula is C7H15Cl2N2O2P. The van der Waals surface area contributed by atoms with E-state index in [9.17, 15) is 4.57 Å². The van der Waals surface area contributed by atoms with Gasteiger partial charge in [-0.05, 0) is 6.37 Å². The van der Waals surface area contributed by atoms with Gasteiger partial charge in [-0.15, -0.1) is 23.2 Å². The summed E-state index contributed by atoms with van der Waals surface area (Å²) in [5, 5.41) is 0.520.